The average molecular weight is 195 g/mol. The molecule has 1 saturated heterocycles. The van der Waals surface area contributed by atoms with Gasteiger partial charge in [-0.15, -0.1) is 0 Å². The van der Waals surface area contributed by atoms with Crippen molar-refractivity contribution in [1.29, 1.82) is 0 Å². The van der Waals surface area contributed by atoms with Crippen LogP contribution >= 0.6 is 0 Å². The van der Waals surface area contributed by atoms with E-state index in [-0.39, 0.29) is 6.04 Å². The lowest BCUT2D eigenvalue weighted by Gasteiger charge is -2.32. The molecule has 0 N–H and O–H groups in total. The van der Waals surface area contributed by atoms with E-state index in [2.05, 4.69) is 18.7 Å². The third kappa shape index (κ3) is 1.60. The zero-order chi connectivity index (χ0) is 10.1. The molecule has 3 unspecified atom stereocenters. The number of rotatable bonds is 2. The van der Waals surface area contributed by atoms with Crippen LogP contribution in [0.15, 0.2) is 0 Å². The second-order valence-electron chi connectivity index (χ2n) is 4.81. The van der Waals surface area contributed by atoms with Crippen LogP contribution in [-0.4, -0.2) is 28.8 Å². The minimum absolute atomic E-state index is 0.275. The number of hydrogen-bond donors (Lipinski definition) is 0. The molecule has 2 nitrogen and oxygen atoms in total. The third-order valence-corrected chi connectivity index (χ3v) is 3.95. The van der Waals surface area contributed by atoms with Gasteiger partial charge in [-0.1, -0.05) is 6.92 Å². The van der Waals surface area contributed by atoms with E-state index < -0.39 is 0 Å². The summed E-state index contributed by atoms with van der Waals surface area (Å²) in [6.45, 7) is 4.52. The lowest BCUT2D eigenvalue weighted by molar-refractivity contribution is -0.122. The van der Waals surface area contributed by atoms with E-state index in [1.807, 2.05) is 0 Å². The van der Waals surface area contributed by atoms with Crippen LogP contribution in [0.3, 0.4) is 0 Å². The van der Waals surface area contributed by atoms with E-state index in [1.165, 1.54) is 19.3 Å². The molecule has 2 heteroatoms. The highest BCUT2D eigenvalue weighted by molar-refractivity contribution is 5.86. The molecule has 2 rings (SSSR count). The first-order valence-electron chi connectivity index (χ1n) is 6.04. The van der Waals surface area contributed by atoms with Gasteiger partial charge in [0.2, 0.25) is 0 Å². The number of likely N-dealkylation sites (tertiary alicyclic amines) is 1. The highest BCUT2D eigenvalue weighted by Gasteiger charge is 2.39. The summed E-state index contributed by atoms with van der Waals surface area (Å²) >= 11 is 0. The Kier molecular flexibility index (Phi) is 2.91. The van der Waals surface area contributed by atoms with Crippen molar-refractivity contribution in [2.24, 2.45) is 0 Å². The Morgan fingerprint density at radius 1 is 1.36 bits per heavy atom. The number of hydrogen-bond acceptors (Lipinski definition) is 2. The topological polar surface area (TPSA) is 20.3 Å². The van der Waals surface area contributed by atoms with E-state index in [0.29, 0.717) is 17.9 Å². The number of carbonyl (C=O) groups is 1. The van der Waals surface area contributed by atoms with Crippen LogP contribution in [0.4, 0.5) is 0 Å². The monoisotopic (exact) mass is 195 g/mol. The van der Waals surface area contributed by atoms with Gasteiger partial charge < -0.3 is 0 Å². The second-order valence-corrected chi connectivity index (χ2v) is 4.81. The van der Waals surface area contributed by atoms with Gasteiger partial charge >= 0.3 is 0 Å². The first-order valence-corrected chi connectivity index (χ1v) is 6.04. The number of Topliss-reactive ketones (excluding diaryl/α,β-unsaturated/α-hetero) is 1. The van der Waals surface area contributed by atoms with E-state index in [9.17, 15) is 4.79 Å². The first kappa shape index (κ1) is 10.2. The van der Waals surface area contributed by atoms with Crippen molar-refractivity contribution in [3.8, 4) is 0 Å². The van der Waals surface area contributed by atoms with Crippen molar-refractivity contribution >= 4 is 5.78 Å². The van der Waals surface area contributed by atoms with Crippen molar-refractivity contribution in [2.75, 3.05) is 0 Å². The molecule has 2 fully saturated rings. The molecular formula is C12H21NO. The van der Waals surface area contributed by atoms with Gasteiger partial charge in [0, 0.05) is 18.5 Å². The molecule has 0 bridgehead atoms. The highest BCUT2D eigenvalue weighted by atomic mass is 16.1. The fourth-order valence-electron chi connectivity index (χ4n) is 3.18. The Bertz CT molecular complexity index is 226. The molecule has 0 aromatic carbocycles. The third-order valence-electron chi connectivity index (χ3n) is 3.95. The molecule has 0 radical (unpaired) electrons. The molecule has 0 aromatic heterocycles. The zero-order valence-corrected chi connectivity index (χ0v) is 9.33. The molecule has 0 aromatic rings. The van der Waals surface area contributed by atoms with Crippen molar-refractivity contribution in [3.63, 3.8) is 0 Å². The van der Waals surface area contributed by atoms with Gasteiger partial charge in [-0.3, -0.25) is 9.69 Å². The molecule has 1 heterocycles. The summed E-state index contributed by atoms with van der Waals surface area (Å²) in [4.78, 5) is 14.2. The summed E-state index contributed by atoms with van der Waals surface area (Å²) < 4.78 is 0. The molecule has 80 valence electrons. The van der Waals surface area contributed by atoms with Crippen molar-refractivity contribution in [2.45, 2.75) is 70.5 Å². The maximum Gasteiger partial charge on any atom is 0.149 e. The van der Waals surface area contributed by atoms with Gasteiger partial charge in [-0.25, -0.2) is 0 Å². The van der Waals surface area contributed by atoms with Crippen LogP contribution in [0.2, 0.25) is 0 Å². The standard InChI is InChI=1S/C12H21NO/c1-3-10-8-7-9(2)13(10)11-5-4-6-12(11)14/h9-11H,3-8H2,1-2H3. The van der Waals surface area contributed by atoms with Gasteiger partial charge in [-0.2, -0.15) is 0 Å². The van der Waals surface area contributed by atoms with Gasteiger partial charge in [0.05, 0.1) is 6.04 Å². The summed E-state index contributed by atoms with van der Waals surface area (Å²) in [5, 5.41) is 0. The van der Waals surface area contributed by atoms with Crippen LogP contribution in [0.1, 0.15) is 52.4 Å². The Morgan fingerprint density at radius 3 is 2.71 bits per heavy atom. The summed E-state index contributed by atoms with van der Waals surface area (Å²) in [7, 11) is 0. The minimum atomic E-state index is 0.275. The predicted molar refractivity (Wildman–Crippen MR) is 57.3 cm³/mol. The van der Waals surface area contributed by atoms with Crippen LogP contribution in [-0.2, 0) is 4.79 Å². The molecule has 1 saturated carbocycles. The van der Waals surface area contributed by atoms with E-state index in [0.717, 1.165) is 19.3 Å². The second kappa shape index (κ2) is 4.01. The Labute approximate surface area is 86.7 Å². The summed E-state index contributed by atoms with van der Waals surface area (Å²) in [6, 6.07) is 1.58. The molecule has 1 aliphatic carbocycles. The average Bonchev–Trinajstić information content (AvgIpc) is 2.72. The molecule has 1 aliphatic heterocycles. The molecule has 3 atom stereocenters. The van der Waals surface area contributed by atoms with Gasteiger partial charge in [0.15, 0.2) is 0 Å². The number of ketones is 1. The first-order chi connectivity index (χ1) is 6.74. The molecule has 2 aliphatic rings. The van der Waals surface area contributed by atoms with Crippen molar-refractivity contribution < 1.29 is 4.79 Å². The highest BCUT2D eigenvalue weighted by Crippen LogP contribution is 2.33. The molecule has 0 spiro atoms. The number of nitrogens with zero attached hydrogens (tertiary/aromatic N) is 1. The van der Waals surface area contributed by atoms with E-state index >= 15 is 0 Å². The fourth-order valence-corrected chi connectivity index (χ4v) is 3.18. The van der Waals surface area contributed by atoms with Crippen molar-refractivity contribution in [1.82, 2.24) is 4.90 Å². The molecule has 0 amide bonds. The summed E-state index contributed by atoms with van der Waals surface area (Å²) in [5.74, 6) is 0.497. The maximum absolute atomic E-state index is 11.7. The number of carbonyl (C=O) groups excluding carboxylic acids is 1. The van der Waals surface area contributed by atoms with Gasteiger partial charge in [-0.05, 0) is 39.0 Å². The van der Waals surface area contributed by atoms with E-state index in [4.69, 9.17) is 0 Å². The SMILES string of the molecule is CCC1CCC(C)N1C1CCCC1=O. The van der Waals surface area contributed by atoms with Crippen LogP contribution < -0.4 is 0 Å². The molecule has 14 heavy (non-hydrogen) atoms. The fraction of sp³-hybridized carbons (Fsp3) is 0.917. The molecular weight excluding hydrogens is 174 g/mol. The van der Waals surface area contributed by atoms with Crippen LogP contribution in [0.5, 0.6) is 0 Å². The zero-order valence-electron chi connectivity index (χ0n) is 9.33. The Morgan fingerprint density at radius 2 is 2.14 bits per heavy atom. The Balaban J connectivity index is 2.10. The summed E-state index contributed by atoms with van der Waals surface area (Å²) in [6.07, 6.45) is 6.82. The Hall–Kier alpha value is -0.370. The summed E-state index contributed by atoms with van der Waals surface area (Å²) in [5.41, 5.74) is 0. The van der Waals surface area contributed by atoms with Crippen LogP contribution in [0.25, 0.3) is 0 Å². The van der Waals surface area contributed by atoms with Crippen molar-refractivity contribution in [3.05, 3.63) is 0 Å². The lowest BCUT2D eigenvalue weighted by atomic mass is 10.1. The van der Waals surface area contributed by atoms with Crippen LogP contribution in [0, 0.1) is 0 Å². The van der Waals surface area contributed by atoms with Gasteiger partial charge in [0.25, 0.3) is 0 Å². The predicted octanol–water partition coefficient (Wildman–Crippen LogP) is 2.37. The minimum Gasteiger partial charge on any atom is -0.298 e. The maximum atomic E-state index is 11.7. The normalized spacial score (nSPS) is 39.6. The van der Waals surface area contributed by atoms with E-state index in [1.54, 1.807) is 0 Å². The quantitative estimate of drug-likeness (QED) is 0.674. The van der Waals surface area contributed by atoms with Gasteiger partial charge in [0.1, 0.15) is 5.78 Å². The smallest absolute Gasteiger partial charge is 0.149 e. The largest absolute Gasteiger partial charge is 0.298 e. The lowest BCUT2D eigenvalue weighted by Crippen LogP contribution is -2.44.